The van der Waals surface area contributed by atoms with Gasteiger partial charge < -0.3 is 14.2 Å². The van der Waals surface area contributed by atoms with Crippen LogP contribution in [0.5, 0.6) is 11.5 Å². The van der Waals surface area contributed by atoms with Gasteiger partial charge in [0, 0.05) is 4.47 Å². The van der Waals surface area contributed by atoms with Crippen molar-refractivity contribution in [2.75, 3.05) is 20.3 Å². The molecule has 0 atom stereocenters. The largest absolute Gasteiger partial charge is 0.490 e. The molecule has 1 N–H and O–H groups in total. The average molecular weight is 470 g/mol. The van der Waals surface area contributed by atoms with Crippen molar-refractivity contribution in [2.45, 2.75) is 6.92 Å². The molecule has 2 aromatic carbocycles. The first-order valence-corrected chi connectivity index (χ1v) is 9.37. The van der Waals surface area contributed by atoms with Crippen molar-refractivity contribution in [3.63, 3.8) is 0 Å². The summed E-state index contributed by atoms with van der Waals surface area (Å²) in [6.45, 7) is 1.87. The first-order chi connectivity index (χ1) is 13.5. The summed E-state index contributed by atoms with van der Waals surface area (Å²) in [5.41, 5.74) is 3.48. The van der Waals surface area contributed by atoms with E-state index in [2.05, 4.69) is 31.2 Å². The van der Waals surface area contributed by atoms with Crippen molar-refractivity contribution >= 4 is 45.6 Å². The second-order valence-electron chi connectivity index (χ2n) is 5.31. The van der Waals surface area contributed by atoms with E-state index >= 15 is 0 Å². The Hall–Kier alpha value is -2.58. The maximum absolute atomic E-state index is 12.2. The van der Waals surface area contributed by atoms with E-state index in [-0.39, 0.29) is 23.3 Å². The fourth-order valence-electron chi connectivity index (χ4n) is 2.13. The minimum atomic E-state index is -0.543. The van der Waals surface area contributed by atoms with E-state index in [9.17, 15) is 9.59 Å². The Morgan fingerprint density at radius 3 is 2.68 bits per heavy atom. The van der Waals surface area contributed by atoms with Gasteiger partial charge in [-0.1, -0.05) is 23.7 Å². The summed E-state index contributed by atoms with van der Waals surface area (Å²) < 4.78 is 16.1. The number of amides is 1. The zero-order valence-corrected chi connectivity index (χ0v) is 17.5. The van der Waals surface area contributed by atoms with Gasteiger partial charge in [-0.25, -0.2) is 10.2 Å². The molecule has 0 aliphatic heterocycles. The summed E-state index contributed by atoms with van der Waals surface area (Å²) in [6.07, 6.45) is 1.42. The van der Waals surface area contributed by atoms with E-state index in [1.54, 1.807) is 37.3 Å². The van der Waals surface area contributed by atoms with Crippen LogP contribution in [-0.2, 0) is 9.53 Å². The van der Waals surface area contributed by atoms with Crippen LogP contribution >= 0.6 is 27.5 Å². The number of nitrogens with zero attached hydrogens (tertiary/aromatic N) is 1. The van der Waals surface area contributed by atoms with Crippen molar-refractivity contribution in [3.8, 4) is 11.5 Å². The van der Waals surface area contributed by atoms with Gasteiger partial charge in [-0.05, 0) is 52.7 Å². The fourth-order valence-corrected chi connectivity index (χ4v) is 2.87. The molecule has 0 spiro atoms. The van der Waals surface area contributed by atoms with Crippen LogP contribution in [-0.4, -0.2) is 38.4 Å². The van der Waals surface area contributed by atoms with E-state index in [0.29, 0.717) is 28.0 Å². The molecular formula is C19H18BrClN2O5. The van der Waals surface area contributed by atoms with E-state index in [1.807, 2.05) is 6.07 Å². The Morgan fingerprint density at radius 1 is 1.25 bits per heavy atom. The molecule has 0 fully saturated rings. The third-order valence-electron chi connectivity index (χ3n) is 3.39. The van der Waals surface area contributed by atoms with Gasteiger partial charge in [-0.2, -0.15) is 5.10 Å². The Labute approximate surface area is 175 Å². The van der Waals surface area contributed by atoms with Crippen LogP contribution in [0, 0.1) is 0 Å². The van der Waals surface area contributed by atoms with E-state index in [1.165, 1.54) is 13.3 Å². The molecule has 0 radical (unpaired) electrons. The molecule has 0 aliphatic carbocycles. The smallest absolute Gasteiger partial charge is 0.343 e. The van der Waals surface area contributed by atoms with Gasteiger partial charge in [-0.15, -0.1) is 0 Å². The highest BCUT2D eigenvalue weighted by molar-refractivity contribution is 9.10. The van der Waals surface area contributed by atoms with Crippen LogP contribution < -0.4 is 14.9 Å². The minimum Gasteiger partial charge on any atom is -0.490 e. The fraction of sp³-hybridized carbons (Fsp3) is 0.211. The normalized spacial score (nSPS) is 10.6. The molecule has 9 heteroatoms. The summed E-state index contributed by atoms with van der Waals surface area (Å²) in [4.78, 5) is 23.4. The van der Waals surface area contributed by atoms with Gasteiger partial charge >= 0.3 is 5.97 Å². The molecule has 148 valence electrons. The number of benzene rings is 2. The van der Waals surface area contributed by atoms with E-state index in [0.717, 1.165) is 0 Å². The molecule has 0 aromatic heterocycles. The molecule has 0 unspecified atom stereocenters. The molecule has 2 aromatic rings. The number of methoxy groups -OCH3 is 1. The predicted molar refractivity (Wildman–Crippen MR) is 109 cm³/mol. The van der Waals surface area contributed by atoms with Crippen LogP contribution in [0.3, 0.4) is 0 Å². The third kappa shape index (κ3) is 5.97. The number of carbonyl (C=O) groups excluding carboxylic acids is 2. The number of hydrazone groups is 1. The van der Waals surface area contributed by atoms with Crippen LogP contribution in [0.2, 0.25) is 5.02 Å². The van der Waals surface area contributed by atoms with Crippen molar-refractivity contribution < 1.29 is 23.8 Å². The summed E-state index contributed by atoms with van der Waals surface area (Å²) >= 11 is 9.56. The highest BCUT2D eigenvalue weighted by Gasteiger charge is 2.14. The lowest BCUT2D eigenvalue weighted by atomic mass is 10.2. The Morgan fingerprint density at radius 2 is 2.00 bits per heavy atom. The van der Waals surface area contributed by atoms with Crippen molar-refractivity contribution in [3.05, 3.63) is 57.0 Å². The number of carbonyl (C=O) groups is 2. The highest BCUT2D eigenvalue weighted by Crippen LogP contribution is 2.36. The lowest BCUT2D eigenvalue weighted by Gasteiger charge is -2.13. The van der Waals surface area contributed by atoms with Crippen LogP contribution in [0.15, 0.2) is 46.0 Å². The van der Waals surface area contributed by atoms with Crippen molar-refractivity contribution in [1.82, 2.24) is 5.43 Å². The second-order valence-corrected chi connectivity index (χ2v) is 6.57. The first kappa shape index (κ1) is 21.7. The minimum absolute atomic E-state index is 0.225. The second kappa shape index (κ2) is 10.7. The zero-order chi connectivity index (χ0) is 20.5. The molecular weight excluding hydrogens is 452 g/mol. The standard InChI is InChI=1S/C19H18BrClN2O5/c1-3-27-16-9-12(8-15(21)18(16)28-11-17(24)26-2)10-22-23-19(25)13-6-4-5-7-14(13)20/h4-10H,3,11H2,1-2H3,(H,23,25)/b22-10-. The molecule has 28 heavy (non-hydrogen) atoms. The monoisotopic (exact) mass is 468 g/mol. The van der Waals surface area contributed by atoms with Gasteiger partial charge in [0.25, 0.3) is 5.91 Å². The SMILES string of the molecule is CCOc1cc(/C=N\NC(=O)c2ccccc2Br)cc(Cl)c1OCC(=O)OC. The maximum Gasteiger partial charge on any atom is 0.343 e. The van der Waals surface area contributed by atoms with Gasteiger partial charge in [0.15, 0.2) is 18.1 Å². The van der Waals surface area contributed by atoms with Crippen LogP contribution in [0.25, 0.3) is 0 Å². The van der Waals surface area contributed by atoms with E-state index in [4.69, 9.17) is 21.1 Å². The third-order valence-corrected chi connectivity index (χ3v) is 4.36. The number of rotatable bonds is 8. The summed E-state index contributed by atoms with van der Waals surface area (Å²) in [6, 6.07) is 10.2. The summed E-state index contributed by atoms with van der Waals surface area (Å²) in [5, 5.41) is 4.17. The Kier molecular flexibility index (Phi) is 8.28. The number of esters is 1. The van der Waals surface area contributed by atoms with Gasteiger partial charge in [0.05, 0.1) is 30.5 Å². The van der Waals surface area contributed by atoms with Gasteiger partial charge in [0.1, 0.15) is 0 Å². The molecule has 0 saturated heterocycles. The predicted octanol–water partition coefficient (Wildman–Crippen LogP) is 3.82. The number of hydrogen-bond acceptors (Lipinski definition) is 6. The Bertz CT molecular complexity index is 889. The van der Waals surface area contributed by atoms with E-state index < -0.39 is 5.97 Å². The molecule has 2 rings (SSSR count). The summed E-state index contributed by atoms with van der Waals surface area (Å²) in [5.74, 6) is -0.336. The average Bonchev–Trinajstić information content (AvgIpc) is 2.67. The first-order valence-electron chi connectivity index (χ1n) is 8.20. The maximum atomic E-state index is 12.2. The Balaban J connectivity index is 2.14. The highest BCUT2D eigenvalue weighted by atomic mass is 79.9. The van der Waals surface area contributed by atoms with Crippen LogP contribution in [0.1, 0.15) is 22.8 Å². The topological polar surface area (TPSA) is 86.2 Å². The number of halogens is 2. The van der Waals surface area contributed by atoms with Crippen molar-refractivity contribution in [1.29, 1.82) is 0 Å². The lowest BCUT2D eigenvalue weighted by molar-refractivity contribution is -0.142. The van der Waals surface area contributed by atoms with Crippen molar-refractivity contribution in [2.24, 2.45) is 5.10 Å². The zero-order valence-electron chi connectivity index (χ0n) is 15.2. The number of ether oxygens (including phenoxy) is 3. The summed E-state index contributed by atoms with van der Waals surface area (Å²) in [7, 11) is 1.26. The number of hydrogen-bond donors (Lipinski definition) is 1. The lowest BCUT2D eigenvalue weighted by Crippen LogP contribution is -2.18. The molecule has 1 amide bonds. The van der Waals surface area contributed by atoms with Crippen LogP contribution in [0.4, 0.5) is 0 Å². The molecule has 7 nitrogen and oxygen atoms in total. The number of nitrogens with one attached hydrogen (secondary N) is 1. The van der Waals surface area contributed by atoms with Gasteiger partial charge in [-0.3, -0.25) is 4.79 Å². The molecule has 0 saturated carbocycles. The molecule has 0 aliphatic rings. The molecule has 0 heterocycles. The quantitative estimate of drug-likeness (QED) is 0.361. The van der Waals surface area contributed by atoms with Gasteiger partial charge in [0.2, 0.25) is 0 Å². The molecule has 0 bridgehead atoms.